The number of amides is 4. The molecule has 0 aromatic carbocycles. The molecule has 0 bridgehead atoms. The molecule has 0 spiro atoms. The summed E-state index contributed by atoms with van der Waals surface area (Å²) in [6.45, 7) is 3.06. The lowest BCUT2D eigenvalue weighted by Gasteiger charge is -2.43. The van der Waals surface area contributed by atoms with E-state index in [-0.39, 0.29) is 6.42 Å². The molecule has 15 heteroatoms. The van der Waals surface area contributed by atoms with Crippen molar-refractivity contribution in [1.82, 2.24) is 16.0 Å². The second-order valence-corrected chi connectivity index (χ2v) is 7.83. The molecule has 1 heterocycles. The molecule has 0 aromatic heterocycles. The number of rotatable bonds is 12. The summed E-state index contributed by atoms with van der Waals surface area (Å²) in [5, 5.41) is 45.5. The van der Waals surface area contributed by atoms with Crippen molar-refractivity contribution in [2.45, 2.75) is 82.4 Å². The predicted octanol–water partition coefficient (Wildman–Crippen LogP) is -4.33. The smallest absolute Gasteiger partial charge is 0.303 e. The van der Waals surface area contributed by atoms with Gasteiger partial charge in [-0.15, -0.1) is 0 Å². The second-order valence-electron chi connectivity index (χ2n) is 7.83. The monoisotopic (exact) mass is 492 g/mol. The number of aliphatic carboxylic acids is 1. The second kappa shape index (κ2) is 13.1. The first-order valence-electron chi connectivity index (χ1n) is 10.4. The number of primary amides is 1. The van der Waals surface area contributed by atoms with E-state index in [2.05, 4.69) is 16.0 Å². The summed E-state index contributed by atoms with van der Waals surface area (Å²) in [5.41, 5.74) is 5.16. The Morgan fingerprint density at radius 2 is 1.71 bits per heavy atom. The van der Waals surface area contributed by atoms with Crippen LogP contribution in [0.2, 0.25) is 0 Å². The number of nitrogens with two attached hydrogens (primary N) is 1. The third kappa shape index (κ3) is 8.49. The highest BCUT2D eigenvalue weighted by Gasteiger charge is 2.47. The highest BCUT2D eigenvalue weighted by Crippen LogP contribution is 2.23. The van der Waals surface area contributed by atoms with Gasteiger partial charge in [-0.2, -0.15) is 0 Å². The van der Waals surface area contributed by atoms with Crippen molar-refractivity contribution in [2.75, 3.05) is 6.61 Å². The van der Waals surface area contributed by atoms with Gasteiger partial charge < -0.3 is 51.6 Å². The van der Waals surface area contributed by atoms with E-state index < -0.39 is 91.5 Å². The van der Waals surface area contributed by atoms with Gasteiger partial charge in [-0.25, -0.2) is 0 Å². The van der Waals surface area contributed by atoms with Crippen molar-refractivity contribution in [2.24, 2.45) is 5.73 Å². The van der Waals surface area contributed by atoms with Crippen molar-refractivity contribution in [1.29, 1.82) is 0 Å². The standard InChI is InChI=1S/C19H32N4O11/c1-7(17(30)23-10(16(20)29)4-5-12(26)27)21-18(31)8(2)33-15-13(22-9(3)25)19(32)34-11(6-24)14(15)28/h7-8,10-11,13-15,19,24,28,32H,4-6H2,1-3H3,(H2,20,29)(H,21,31)(H,22,25)(H,23,30)(H,26,27)/t7-,8-,10-,11-,13-,14-,15-,19?/m1/s1. The van der Waals surface area contributed by atoms with Gasteiger partial charge >= 0.3 is 5.97 Å². The molecule has 0 aromatic rings. The third-order valence-corrected chi connectivity index (χ3v) is 5.03. The van der Waals surface area contributed by atoms with Gasteiger partial charge in [0, 0.05) is 13.3 Å². The number of carboxylic acids is 1. The Hall–Kier alpha value is -2.85. The zero-order valence-electron chi connectivity index (χ0n) is 19.0. The van der Waals surface area contributed by atoms with Crippen molar-refractivity contribution < 1.29 is 53.9 Å². The summed E-state index contributed by atoms with van der Waals surface area (Å²) in [5.74, 6) is -4.34. The summed E-state index contributed by atoms with van der Waals surface area (Å²) in [7, 11) is 0. The molecule has 34 heavy (non-hydrogen) atoms. The van der Waals surface area contributed by atoms with Crippen LogP contribution in [0, 0.1) is 0 Å². The van der Waals surface area contributed by atoms with Crippen molar-refractivity contribution in [3.05, 3.63) is 0 Å². The summed E-state index contributed by atoms with van der Waals surface area (Å²) in [6, 6.07) is -3.71. The Bertz CT molecular complexity index is 765. The maximum absolute atomic E-state index is 12.5. The van der Waals surface area contributed by atoms with Crippen LogP contribution in [-0.2, 0) is 33.4 Å². The lowest BCUT2D eigenvalue weighted by molar-refractivity contribution is -0.266. The molecule has 8 atom stereocenters. The Morgan fingerprint density at radius 1 is 1.09 bits per heavy atom. The van der Waals surface area contributed by atoms with Gasteiger partial charge in [0.25, 0.3) is 0 Å². The van der Waals surface area contributed by atoms with Crippen LogP contribution in [0.15, 0.2) is 0 Å². The van der Waals surface area contributed by atoms with Crippen molar-refractivity contribution >= 4 is 29.6 Å². The molecule has 1 aliphatic heterocycles. The van der Waals surface area contributed by atoms with Gasteiger partial charge in [0.1, 0.15) is 42.5 Å². The zero-order valence-corrected chi connectivity index (χ0v) is 19.0. The molecule has 0 aliphatic carbocycles. The van der Waals surface area contributed by atoms with Crippen LogP contribution < -0.4 is 21.7 Å². The number of hydrogen-bond donors (Lipinski definition) is 8. The lowest BCUT2D eigenvalue weighted by atomic mass is 9.96. The van der Waals surface area contributed by atoms with Gasteiger partial charge in [-0.1, -0.05) is 0 Å². The fraction of sp³-hybridized carbons (Fsp3) is 0.737. The first-order chi connectivity index (χ1) is 15.8. The topological polar surface area (TPSA) is 247 Å². The molecule has 9 N–H and O–H groups in total. The van der Waals surface area contributed by atoms with E-state index in [4.69, 9.17) is 20.3 Å². The summed E-state index contributed by atoms with van der Waals surface area (Å²) < 4.78 is 10.6. The molecule has 1 rings (SSSR count). The van der Waals surface area contributed by atoms with Crippen LogP contribution in [0.5, 0.6) is 0 Å². The average molecular weight is 492 g/mol. The van der Waals surface area contributed by atoms with Gasteiger partial charge in [0.05, 0.1) is 6.61 Å². The Kier molecular flexibility index (Phi) is 11.3. The van der Waals surface area contributed by atoms with Crippen LogP contribution in [0.1, 0.15) is 33.6 Å². The van der Waals surface area contributed by atoms with E-state index in [1.54, 1.807) is 0 Å². The van der Waals surface area contributed by atoms with Crippen LogP contribution in [-0.4, -0.2) is 105 Å². The molecule has 194 valence electrons. The number of aliphatic hydroxyl groups is 3. The summed E-state index contributed by atoms with van der Waals surface area (Å²) in [6.07, 6.45) is -7.74. The van der Waals surface area contributed by atoms with Gasteiger partial charge in [-0.3, -0.25) is 24.0 Å². The number of carbonyl (C=O) groups is 5. The van der Waals surface area contributed by atoms with E-state index in [9.17, 15) is 39.3 Å². The Labute approximate surface area is 195 Å². The van der Waals surface area contributed by atoms with E-state index in [0.29, 0.717) is 0 Å². The highest BCUT2D eigenvalue weighted by molar-refractivity contribution is 5.92. The third-order valence-electron chi connectivity index (χ3n) is 5.03. The van der Waals surface area contributed by atoms with E-state index in [1.807, 2.05) is 0 Å². The number of nitrogens with one attached hydrogen (secondary N) is 3. The van der Waals surface area contributed by atoms with Gasteiger partial charge in [-0.05, 0) is 20.3 Å². The van der Waals surface area contributed by atoms with E-state index in [0.717, 1.165) is 6.92 Å². The molecule has 1 aliphatic rings. The minimum absolute atomic E-state index is 0.239. The molecular weight excluding hydrogens is 460 g/mol. The molecule has 1 unspecified atom stereocenters. The molecule has 0 radical (unpaired) electrons. The molecule has 4 amide bonds. The first-order valence-corrected chi connectivity index (χ1v) is 10.4. The summed E-state index contributed by atoms with van der Waals surface area (Å²) in [4.78, 5) is 58.4. The van der Waals surface area contributed by atoms with Gasteiger partial charge in [0.15, 0.2) is 6.29 Å². The fourth-order valence-electron chi connectivity index (χ4n) is 3.18. The number of carboxylic acid groups (broad SMARTS) is 1. The first kappa shape index (κ1) is 29.2. The van der Waals surface area contributed by atoms with E-state index in [1.165, 1.54) is 13.8 Å². The van der Waals surface area contributed by atoms with E-state index >= 15 is 0 Å². The lowest BCUT2D eigenvalue weighted by Crippen LogP contribution is -2.65. The number of carbonyl (C=O) groups excluding carboxylic acids is 4. The maximum Gasteiger partial charge on any atom is 0.303 e. The normalized spacial score (nSPS) is 27.1. The Morgan fingerprint density at radius 3 is 2.21 bits per heavy atom. The van der Waals surface area contributed by atoms with Gasteiger partial charge in [0.2, 0.25) is 23.6 Å². The highest BCUT2D eigenvalue weighted by atomic mass is 16.6. The molecule has 15 nitrogen and oxygen atoms in total. The van der Waals surface area contributed by atoms with Crippen molar-refractivity contribution in [3.63, 3.8) is 0 Å². The largest absolute Gasteiger partial charge is 0.481 e. The Balaban J connectivity index is 2.80. The zero-order chi connectivity index (χ0) is 26.2. The number of ether oxygens (including phenoxy) is 2. The fourth-order valence-corrected chi connectivity index (χ4v) is 3.18. The molecule has 0 saturated carbocycles. The number of hydrogen-bond acceptors (Lipinski definition) is 10. The SMILES string of the molecule is CC(=O)N[C@H]1C(O)O[C@H](CO)[C@@H](O)[C@@H]1O[C@H](C)C(=O)N[C@H](C)C(=O)N[C@H](CCC(=O)O)C(N)=O. The molecule has 1 saturated heterocycles. The predicted molar refractivity (Wildman–Crippen MR) is 112 cm³/mol. The number of aliphatic hydroxyl groups excluding tert-OH is 3. The average Bonchev–Trinajstić information content (AvgIpc) is 2.74. The quantitative estimate of drug-likeness (QED) is 0.129. The minimum Gasteiger partial charge on any atom is -0.481 e. The van der Waals surface area contributed by atoms with Crippen molar-refractivity contribution in [3.8, 4) is 0 Å². The van der Waals surface area contributed by atoms with Crippen LogP contribution in [0.3, 0.4) is 0 Å². The van der Waals surface area contributed by atoms with Crippen LogP contribution in [0.25, 0.3) is 0 Å². The summed E-state index contributed by atoms with van der Waals surface area (Å²) >= 11 is 0. The minimum atomic E-state index is -1.65. The van der Waals surface area contributed by atoms with Crippen LogP contribution in [0.4, 0.5) is 0 Å². The molecular formula is C19H32N4O11. The van der Waals surface area contributed by atoms with Crippen LogP contribution >= 0.6 is 0 Å². The maximum atomic E-state index is 12.5. The molecule has 1 fully saturated rings.